The van der Waals surface area contributed by atoms with Crippen LogP contribution >= 0.6 is 0 Å². The highest BCUT2D eigenvalue weighted by molar-refractivity contribution is 6.01. The van der Waals surface area contributed by atoms with Crippen molar-refractivity contribution in [1.82, 2.24) is 15.5 Å². The molecule has 2 aliphatic heterocycles. The lowest BCUT2D eigenvalue weighted by atomic mass is 9.96. The first-order valence-electron chi connectivity index (χ1n) is 10.0. The number of hydrogen-bond donors (Lipinski definition) is 2. The number of nitrogens with one attached hydrogen (secondary N) is 2. The first-order valence-corrected chi connectivity index (χ1v) is 10.0. The highest BCUT2D eigenvalue weighted by Gasteiger charge is 2.40. The van der Waals surface area contributed by atoms with Gasteiger partial charge in [-0.15, -0.1) is 0 Å². The van der Waals surface area contributed by atoms with Gasteiger partial charge in [-0.25, -0.2) is 4.79 Å². The Bertz CT molecular complexity index is 967. The summed E-state index contributed by atoms with van der Waals surface area (Å²) in [5.74, 6) is 1.51. The predicted octanol–water partition coefficient (Wildman–Crippen LogP) is 2.79. The van der Waals surface area contributed by atoms with Gasteiger partial charge in [0.15, 0.2) is 0 Å². The second-order valence-corrected chi connectivity index (χ2v) is 7.25. The van der Waals surface area contributed by atoms with E-state index in [0.717, 1.165) is 29.0 Å². The molecule has 2 aromatic carbocycles. The fourth-order valence-electron chi connectivity index (χ4n) is 3.84. The number of carbonyl (C=O) groups is 2. The summed E-state index contributed by atoms with van der Waals surface area (Å²) >= 11 is 0. The Balaban J connectivity index is 1.48. The van der Waals surface area contributed by atoms with E-state index >= 15 is 0 Å². The number of amides is 3. The Morgan fingerprint density at radius 2 is 1.73 bits per heavy atom. The van der Waals surface area contributed by atoms with Crippen LogP contribution in [0.15, 0.2) is 59.8 Å². The first-order chi connectivity index (χ1) is 14.6. The van der Waals surface area contributed by atoms with E-state index in [4.69, 9.17) is 9.47 Å². The van der Waals surface area contributed by atoms with Gasteiger partial charge < -0.3 is 25.0 Å². The second-order valence-electron chi connectivity index (χ2n) is 7.25. The largest absolute Gasteiger partial charge is 0.497 e. The molecule has 2 aliphatic rings. The van der Waals surface area contributed by atoms with Crippen LogP contribution < -0.4 is 20.1 Å². The number of urea groups is 1. The van der Waals surface area contributed by atoms with E-state index in [0.29, 0.717) is 31.0 Å². The number of methoxy groups -OCH3 is 1. The van der Waals surface area contributed by atoms with Gasteiger partial charge in [0.1, 0.15) is 11.5 Å². The van der Waals surface area contributed by atoms with E-state index in [2.05, 4.69) is 10.6 Å². The van der Waals surface area contributed by atoms with E-state index in [1.807, 2.05) is 55.5 Å². The fraction of sp³-hybridized carbons (Fsp3) is 0.304. The molecule has 0 aliphatic carbocycles. The zero-order valence-corrected chi connectivity index (χ0v) is 17.1. The van der Waals surface area contributed by atoms with E-state index < -0.39 is 6.04 Å². The van der Waals surface area contributed by atoms with Crippen LogP contribution in [-0.2, 0) is 11.2 Å². The van der Waals surface area contributed by atoms with E-state index in [1.165, 1.54) is 0 Å². The molecule has 0 saturated carbocycles. The first kappa shape index (κ1) is 19.8. The summed E-state index contributed by atoms with van der Waals surface area (Å²) in [5.41, 5.74) is 3.26. The summed E-state index contributed by atoms with van der Waals surface area (Å²) in [6.07, 6.45) is 0.728. The van der Waals surface area contributed by atoms with E-state index in [-0.39, 0.29) is 11.9 Å². The molecule has 7 heteroatoms. The van der Waals surface area contributed by atoms with Crippen molar-refractivity contribution < 1.29 is 19.1 Å². The lowest BCUT2D eigenvalue weighted by Crippen LogP contribution is -2.44. The van der Waals surface area contributed by atoms with Crippen molar-refractivity contribution in [3.63, 3.8) is 0 Å². The topological polar surface area (TPSA) is 79.9 Å². The molecule has 4 rings (SSSR count). The number of carbonyl (C=O) groups excluding carboxylic acids is 2. The minimum Gasteiger partial charge on any atom is -0.497 e. The average Bonchev–Trinajstić information content (AvgIpc) is 3.08. The molecule has 30 heavy (non-hydrogen) atoms. The van der Waals surface area contributed by atoms with Gasteiger partial charge in [0.05, 0.1) is 37.6 Å². The Hall–Kier alpha value is -3.48. The third-order valence-corrected chi connectivity index (χ3v) is 5.37. The van der Waals surface area contributed by atoms with Crippen LogP contribution in [0.2, 0.25) is 0 Å². The third kappa shape index (κ3) is 3.96. The molecule has 2 N–H and O–H groups in total. The summed E-state index contributed by atoms with van der Waals surface area (Å²) in [6.45, 7) is 3.49. The zero-order chi connectivity index (χ0) is 21.1. The minimum absolute atomic E-state index is 0.0510. The van der Waals surface area contributed by atoms with Crippen molar-refractivity contribution in [1.29, 1.82) is 0 Å². The molecule has 2 heterocycles. The highest BCUT2D eigenvalue weighted by Crippen LogP contribution is 2.33. The molecule has 0 spiro atoms. The summed E-state index contributed by atoms with van der Waals surface area (Å²) in [7, 11) is 1.64. The van der Waals surface area contributed by atoms with Gasteiger partial charge in [-0.3, -0.25) is 4.79 Å². The van der Waals surface area contributed by atoms with Crippen molar-refractivity contribution in [2.24, 2.45) is 0 Å². The number of benzene rings is 2. The molecular formula is C23H25N3O4. The molecule has 7 nitrogen and oxygen atoms in total. The lowest BCUT2D eigenvalue weighted by Gasteiger charge is -2.25. The highest BCUT2D eigenvalue weighted by atomic mass is 16.5. The molecule has 156 valence electrons. The number of rotatable bonds is 7. The summed E-state index contributed by atoms with van der Waals surface area (Å²) in [6, 6.07) is 14.5. The van der Waals surface area contributed by atoms with E-state index in [9.17, 15) is 9.59 Å². The Labute approximate surface area is 175 Å². The summed E-state index contributed by atoms with van der Waals surface area (Å²) in [4.78, 5) is 27.1. The van der Waals surface area contributed by atoms with Gasteiger partial charge in [0.25, 0.3) is 5.91 Å². The molecule has 0 aromatic heterocycles. The third-order valence-electron chi connectivity index (χ3n) is 5.37. The average molecular weight is 407 g/mol. The van der Waals surface area contributed by atoms with Crippen molar-refractivity contribution >= 4 is 11.9 Å². The Kier molecular flexibility index (Phi) is 5.61. The van der Waals surface area contributed by atoms with Crippen LogP contribution in [0.1, 0.15) is 24.1 Å². The molecule has 0 radical (unpaired) electrons. The van der Waals surface area contributed by atoms with Gasteiger partial charge in [0, 0.05) is 6.54 Å². The van der Waals surface area contributed by atoms with Gasteiger partial charge in [-0.1, -0.05) is 24.3 Å². The maximum Gasteiger partial charge on any atom is 0.319 e. The van der Waals surface area contributed by atoms with Gasteiger partial charge in [-0.2, -0.15) is 0 Å². The SMILES string of the molecule is CCOc1ccc(C2NC(=O)NC3=C2C(=O)N(CCc2ccc(OC)cc2)C3)cc1. The molecule has 0 saturated heterocycles. The van der Waals surface area contributed by atoms with Crippen LogP contribution in [0.3, 0.4) is 0 Å². The van der Waals surface area contributed by atoms with Crippen LogP contribution in [0.25, 0.3) is 0 Å². The van der Waals surface area contributed by atoms with Crippen LogP contribution in [0.5, 0.6) is 11.5 Å². The van der Waals surface area contributed by atoms with Crippen LogP contribution in [0.4, 0.5) is 4.79 Å². The van der Waals surface area contributed by atoms with Crippen LogP contribution in [-0.4, -0.2) is 43.6 Å². The lowest BCUT2D eigenvalue weighted by molar-refractivity contribution is -0.125. The minimum atomic E-state index is -0.470. The van der Waals surface area contributed by atoms with Gasteiger partial charge in [-0.05, 0) is 48.7 Å². The van der Waals surface area contributed by atoms with Gasteiger partial charge in [0.2, 0.25) is 0 Å². The second kappa shape index (κ2) is 8.49. The summed E-state index contributed by atoms with van der Waals surface area (Å²) < 4.78 is 10.7. The molecule has 1 unspecified atom stereocenters. The van der Waals surface area contributed by atoms with Crippen molar-refractivity contribution in [3.8, 4) is 11.5 Å². The van der Waals surface area contributed by atoms with Crippen molar-refractivity contribution in [2.45, 2.75) is 19.4 Å². The van der Waals surface area contributed by atoms with Gasteiger partial charge >= 0.3 is 6.03 Å². The number of nitrogens with zero attached hydrogens (tertiary/aromatic N) is 1. The summed E-state index contributed by atoms with van der Waals surface area (Å²) in [5, 5.41) is 5.69. The maximum absolute atomic E-state index is 13.2. The number of ether oxygens (including phenoxy) is 2. The molecular weight excluding hydrogens is 382 g/mol. The maximum atomic E-state index is 13.2. The monoisotopic (exact) mass is 407 g/mol. The molecule has 3 amide bonds. The molecule has 0 bridgehead atoms. The predicted molar refractivity (Wildman–Crippen MR) is 112 cm³/mol. The Morgan fingerprint density at radius 1 is 1.03 bits per heavy atom. The standard InChI is InChI=1S/C23H25N3O4/c1-3-30-18-10-6-16(7-11-18)21-20-19(24-23(28)25-21)14-26(22(20)27)13-12-15-4-8-17(29-2)9-5-15/h4-11,21H,3,12-14H2,1-2H3,(H2,24,25,28). The molecule has 1 atom stereocenters. The normalized spacial score (nSPS) is 18.1. The van der Waals surface area contributed by atoms with Crippen LogP contribution in [0, 0.1) is 0 Å². The molecule has 0 fully saturated rings. The fourth-order valence-corrected chi connectivity index (χ4v) is 3.84. The number of hydrogen-bond acceptors (Lipinski definition) is 4. The zero-order valence-electron chi connectivity index (χ0n) is 17.1. The van der Waals surface area contributed by atoms with Crippen molar-refractivity contribution in [3.05, 3.63) is 70.9 Å². The molecule has 2 aromatic rings. The smallest absolute Gasteiger partial charge is 0.319 e. The van der Waals surface area contributed by atoms with Crippen molar-refractivity contribution in [2.75, 3.05) is 26.8 Å². The quantitative estimate of drug-likeness (QED) is 0.740. The Morgan fingerprint density at radius 3 is 2.40 bits per heavy atom. The van der Waals surface area contributed by atoms with E-state index in [1.54, 1.807) is 12.0 Å².